The lowest BCUT2D eigenvalue weighted by Crippen LogP contribution is -2.33. The first-order chi connectivity index (χ1) is 7.55. The summed E-state index contributed by atoms with van der Waals surface area (Å²) in [6.07, 6.45) is -0.00725. The molecule has 0 spiro atoms. The van der Waals surface area contributed by atoms with Gasteiger partial charge in [0, 0.05) is 17.9 Å². The molecule has 0 heterocycles. The number of hydrogen-bond donors (Lipinski definition) is 1. The Bertz CT molecular complexity index is 313. The predicted octanol–water partition coefficient (Wildman–Crippen LogP) is 1.50. The molecule has 0 aliphatic heterocycles. The second-order valence-corrected chi connectivity index (χ2v) is 5.70. The highest BCUT2D eigenvalue weighted by atomic mass is 16.2. The van der Waals surface area contributed by atoms with Crippen molar-refractivity contribution in [2.45, 2.75) is 53.5 Å². The van der Waals surface area contributed by atoms with Gasteiger partial charge in [0.15, 0.2) is 0 Å². The molecular formula is C13H23NO3. The van der Waals surface area contributed by atoms with Gasteiger partial charge in [-0.25, -0.2) is 0 Å². The van der Waals surface area contributed by atoms with Crippen LogP contribution in [0.4, 0.5) is 0 Å². The molecule has 0 rings (SSSR count). The van der Waals surface area contributed by atoms with Crippen molar-refractivity contribution in [3.63, 3.8) is 0 Å². The Hall–Kier alpha value is -1.03. The van der Waals surface area contributed by atoms with E-state index in [9.17, 15) is 14.4 Å². The van der Waals surface area contributed by atoms with Gasteiger partial charge in [-0.05, 0) is 13.8 Å². The maximum absolute atomic E-state index is 11.9. The minimum atomic E-state index is -0.716. The van der Waals surface area contributed by atoms with Crippen LogP contribution in [0.5, 0.6) is 0 Å². The third-order valence-electron chi connectivity index (χ3n) is 2.54. The van der Waals surface area contributed by atoms with Crippen molar-refractivity contribution in [2.24, 2.45) is 17.1 Å². The third kappa shape index (κ3) is 5.73. The molecule has 4 heteroatoms. The lowest BCUT2D eigenvalue weighted by molar-refractivity contribution is -0.138. The van der Waals surface area contributed by atoms with Crippen LogP contribution in [0.3, 0.4) is 0 Å². The maximum atomic E-state index is 11.9. The minimum absolute atomic E-state index is 0.129. The molecule has 0 amide bonds. The molecule has 2 unspecified atom stereocenters. The zero-order valence-corrected chi connectivity index (χ0v) is 11.4. The fraction of sp³-hybridized carbons (Fsp3) is 0.769. The molecule has 0 fully saturated rings. The highest BCUT2D eigenvalue weighted by molar-refractivity contribution is 6.10. The van der Waals surface area contributed by atoms with E-state index in [1.807, 2.05) is 0 Å². The first-order valence-electron chi connectivity index (χ1n) is 5.90. The van der Waals surface area contributed by atoms with Gasteiger partial charge in [-0.15, -0.1) is 0 Å². The summed E-state index contributed by atoms with van der Waals surface area (Å²) in [6, 6.07) is -0.246. The number of hydrogen-bond acceptors (Lipinski definition) is 4. The smallest absolute Gasteiger partial charge is 0.150 e. The molecule has 0 saturated heterocycles. The van der Waals surface area contributed by atoms with Gasteiger partial charge in [-0.1, -0.05) is 20.8 Å². The van der Waals surface area contributed by atoms with Crippen molar-refractivity contribution in [3.05, 3.63) is 0 Å². The summed E-state index contributed by atoms with van der Waals surface area (Å²) in [4.78, 5) is 35.0. The molecule has 98 valence electrons. The second-order valence-electron chi connectivity index (χ2n) is 5.70. The van der Waals surface area contributed by atoms with E-state index < -0.39 is 11.3 Å². The van der Waals surface area contributed by atoms with Crippen LogP contribution in [0.2, 0.25) is 0 Å². The molecule has 0 aromatic heterocycles. The SMILES string of the molecule is CC(N)CC(=O)CC(=O)C(C)C(=O)C(C)(C)C. The largest absolute Gasteiger partial charge is 0.328 e. The topological polar surface area (TPSA) is 77.2 Å². The highest BCUT2D eigenvalue weighted by Crippen LogP contribution is 2.21. The normalized spacial score (nSPS) is 15.2. The Morgan fingerprint density at radius 1 is 1.12 bits per heavy atom. The number of carbonyl (C=O) groups is 3. The van der Waals surface area contributed by atoms with Crippen LogP contribution >= 0.6 is 0 Å². The van der Waals surface area contributed by atoms with Crippen molar-refractivity contribution in [1.82, 2.24) is 0 Å². The van der Waals surface area contributed by atoms with E-state index in [1.165, 1.54) is 0 Å². The molecule has 0 aromatic carbocycles. The lowest BCUT2D eigenvalue weighted by atomic mass is 9.81. The predicted molar refractivity (Wildman–Crippen MR) is 66.5 cm³/mol. The Kier molecular flexibility index (Phi) is 5.69. The van der Waals surface area contributed by atoms with Gasteiger partial charge in [0.2, 0.25) is 0 Å². The fourth-order valence-electron chi connectivity index (χ4n) is 1.57. The van der Waals surface area contributed by atoms with Crippen LogP contribution in [0.15, 0.2) is 0 Å². The summed E-state index contributed by atoms with van der Waals surface area (Å²) >= 11 is 0. The maximum Gasteiger partial charge on any atom is 0.150 e. The molecule has 0 aliphatic carbocycles. The van der Waals surface area contributed by atoms with Gasteiger partial charge in [-0.2, -0.15) is 0 Å². The summed E-state index contributed by atoms with van der Waals surface area (Å²) in [5.74, 6) is -1.35. The van der Waals surface area contributed by atoms with Crippen LogP contribution in [0.25, 0.3) is 0 Å². The summed E-state index contributed by atoms with van der Waals surface area (Å²) < 4.78 is 0. The Morgan fingerprint density at radius 3 is 1.94 bits per heavy atom. The van der Waals surface area contributed by atoms with Crippen LogP contribution in [-0.4, -0.2) is 23.4 Å². The lowest BCUT2D eigenvalue weighted by Gasteiger charge is -2.20. The molecule has 2 atom stereocenters. The van der Waals surface area contributed by atoms with Gasteiger partial charge in [-0.3, -0.25) is 14.4 Å². The van der Waals surface area contributed by atoms with Gasteiger partial charge < -0.3 is 5.73 Å². The van der Waals surface area contributed by atoms with E-state index in [0.717, 1.165) is 0 Å². The van der Waals surface area contributed by atoms with Crippen molar-refractivity contribution in [3.8, 4) is 0 Å². The number of carbonyl (C=O) groups excluding carboxylic acids is 3. The fourth-order valence-corrected chi connectivity index (χ4v) is 1.57. The molecule has 2 N–H and O–H groups in total. The number of ketones is 3. The van der Waals surface area contributed by atoms with Crippen LogP contribution in [0.1, 0.15) is 47.5 Å². The zero-order valence-electron chi connectivity index (χ0n) is 11.4. The number of nitrogens with two attached hydrogens (primary N) is 1. The van der Waals surface area contributed by atoms with Crippen LogP contribution in [-0.2, 0) is 14.4 Å². The molecule has 0 radical (unpaired) electrons. The Morgan fingerprint density at radius 2 is 1.59 bits per heavy atom. The van der Waals surface area contributed by atoms with Crippen molar-refractivity contribution in [2.75, 3.05) is 0 Å². The van der Waals surface area contributed by atoms with Gasteiger partial charge >= 0.3 is 0 Å². The average Bonchev–Trinajstić information content (AvgIpc) is 2.12. The summed E-state index contributed by atoms with van der Waals surface area (Å²) in [5, 5.41) is 0. The van der Waals surface area contributed by atoms with Crippen molar-refractivity contribution < 1.29 is 14.4 Å². The van der Waals surface area contributed by atoms with Crippen LogP contribution in [0, 0.1) is 11.3 Å². The molecular weight excluding hydrogens is 218 g/mol. The molecule has 0 aromatic rings. The average molecular weight is 241 g/mol. The zero-order chi connectivity index (χ0) is 13.8. The minimum Gasteiger partial charge on any atom is -0.328 e. The molecule has 17 heavy (non-hydrogen) atoms. The van der Waals surface area contributed by atoms with Gasteiger partial charge in [0.1, 0.15) is 17.3 Å². The monoisotopic (exact) mass is 241 g/mol. The Labute approximate surface area is 103 Å². The Balaban J connectivity index is 4.43. The van der Waals surface area contributed by atoms with Crippen molar-refractivity contribution in [1.29, 1.82) is 0 Å². The van der Waals surface area contributed by atoms with E-state index >= 15 is 0 Å². The summed E-state index contributed by atoms with van der Waals surface area (Å²) in [6.45, 7) is 8.58. The summed E-state index contributed by atoms with van der Waals surface area (Å²) in [7, 11) is 0. The van der Waals surface area contributed by atoms with Gasteiger partial charge in [0.25, 0.3) is 0 Å². The standard InChI is InChI=1S/C13H23NO3/c1-8(14)6-10(15)7-11(16)9(2)12(17)13(3,4)5/h8-9H,6-7,14H2,1-5H3. The number of rotatable bonds is 6. The van der Waals surface area contributed by atoms with Gasteiger partial charge in [0.05, 0.1) is 12.3 Å². The molecule has 0 bridgehead atoms. The quantitative estimate of drug-likeness (QED) is 0.715. The van der Waals surface area contributed by atoms with Crippen molar-refractivity contribution >= 4 is 17.3 Å². The third-order valence-corrected chi connectivity index (χ3v) is 2.54. The van der Waals surface area contributed by atoms with E-state index in [-0.39, 0.29) is 36.2 Å². The molecule has 0 saturated carbocycles. The van der Waals surface area contributed by atoms with Crippen LogP contribution < -0.4 is 5.73 Å². The second kappa shape index (κ2) is 6.05. The van der Waals surface area contributed by atoms with E-state index in [0.29, 0.717) is 0 Å². The summed E-state index contributed by atoms with van der Waals surface area (Å²) in [5.41, 5.74) is 4.92. The first-order valence-corrected chi connectivity index (χ1v) is 5.90. The molecule has 0 aliphatic rings. The molecule has 4 nitrogen and oxygen atoms in total. The van der Waals surface area contributed by atoms with E-state index in [1.54, 1.807) is 34.6 Å². The highest BCUT2D eigenvalue weighted by Gasteiger charge is 2.31. The van der Waals surface area contributed by atoms with E-state index in [4.69, 9.17) is 5.73 Å². The first kappa shape index (κ1) is 16.0. The number of Topliss-reactive ketones (excluding diaryl/α,β-unsaturated/α-hetero) is 3. The van der Waals surface area contributed by atoms with E-state index in [2.05, 4.69) is 0 Å².